The summed E-state index contributed by atoms with van der Waals surface area (Å²) in [4.78, 5) is 22.1. The summed E-state index contributed by atoms with van der Waals surface area (Å²) in [6.45, 7) is 3.65. The summed E-state index contributed by atoms with van der Waals surface area (Å²) < 4.78 is 1.39. The number of hydrogen-bond acceptors (Lipinski definition) is 3. The van der Waals surface area contributed by atoms with Gasteiger partial charge in [-0.15, -0.1) is 0 Å². The first kappa shape index (κ1) is 11.2. The van der Waals surface area contributed by atoms with E-state index in [0.717, 1.165) is 0 Å². The van der Waals surface area contributed by atoms with E-state index in [1.807, 2.05) is 13.8 Å². The van der Waals surface area contributed by atoms with E-state index in [2.05, 4.69) is 10.4 Å². The van der Waals surface area contributed by atoms with E-state index in [-0.39, 0.29) is 23.3 Å². The third-order valence-corrected chi connectivity index (χ3v) is 1.90. The van der Waals surface area contributed by atoms with Gasteiger partial charge in [0.25, 0.3) is 5.91 Å². The Bertz CT molecular complexity index is 395. The van der Waals surface area contributed by atoms with Gasteiger partial charge in [-0.1, -0.05) is 0 Å². The normalized spacial score (nSPS) is 10.4. The molecule has 0 aromatic carbocycles. The Labute approximate surface area is 86.9 Å². The average molecular weight is 211 g/mol. The zero-order valence-electron chi connectivity index (χ0n) is 8.81. The van der Waals surface area contributed by atoms with Crippen LogP contribution in [-0.2, 0) is 0 Å². The van der Waals surface area contributed by atoms with E-state index >= 15 is 0 Å². The number of hydrogen-bond donors (Lipinski definition) is 2. The van der Waals surface area contributed by atoms with E-state index in [1.165, 1.54) is 17.8 Å². The van der Waals surface area contributed by atoms with Crippen LogP contribution in [-0.4, -0.2) is 33.8 Å². The van der Waals surface area contributed by atoms with Crippen molar-refractivity contribution < 1.29 is 14.7 Å². The minimum Gasteiger partial charge on any atom is -0.476 e. The van der Waals surface area contributed by atoms with Crippen molar-refractivity contribution in [3.05, 3.63) is 17.5 Å². The minimum absolute atomic E-state index is 0.0644. The van der Waals surface area contributed by atoms with Crippen LogP contribution >= 0.6 is 0 Å². The number of aromatic carboxylic acids is 1. The van der Waals surface area contributed by atoms with Crippen LogP contribution in [0.25, 0.3) is 0 Å². The highest BCUT2D eigenvalue weighted by Gasteiger charge is 2.19. The molecule has 0 aliphatic carbocycles. The van der Waals surface area contributed by atoms with Crippen molar-refractivity contribution in [1.29, 1.82) is 0 Å². The predicted molar refractivity (Wildman–Crippen MR) is 53.0 cm³/mol. The highest BCUT2D eigenvalue weighted by atomic mass is 16.4. The number of carbonyl (C=O) groups is 2. The van der Waals surface area contributed by atoms with E-state index in [4.69, 9.17) is 5.11 Å². The molecule has 6 heteroatoms. The molecule has 0 atom stereocenters. The zero-order valence-corrected chi connectivity index (χ0v) is 8.81. The molecule has 1 aromatic heterocycles. The van der Waals surface area contributed by atoms with Crippen molar-refractivity contribution in [3.63, 3.8) is 0 Å². The fourth-order valence-corrected chi connectivity index (χ4v) is 1.19. The molecule has 1 heterocycles. The molecule has 0 unspecified atom stereocenters. The number of nitrogens with zero attached hydrogens (tertiary/aromatic N) is 2. The van der Waals surface area contributed by atoms with Crippen molar-refractivity contribution in [3.8, 4) is 0 Å². The van der Waals surface area contributed by atoms with E-state index in [1.54, 1.807) is 0 Å². The number of rotatable bonds is 3. The number of amides is 1. The molecule has 6 nitrogen and oxygen atoms in total. The van der Waals surface area contributed by atoms with Crippen LogP contribution in [0.5, 0.6) is 0 Å². The van der Waals surface area contributed by atoms with Crippen molar-refractivity contribution in [2.24, 2.45) is 0 Å². The molecule has 0 spiro atoms. The lowest BCUT2D eigenvalue weighted by molar-refractivity contribution is 0.0689. The smallest absolute Gasteiger partial charge is 0.356 e. The molecule has 0 fully saturated rings. The molecule has 0 bridgehead atoms. The number of carbonyl (C=O) groups excluding carboxylic acids is 1. The third kappa shape index (κ3) is 2.15. The molecule has 1 amide bonds. The Morgan fingerprint density at radius 1 is 1.53 bits per heavy atom. The quantitative estimate of drug-likeness (QED) is 0.763. The average Bonchev–Trinajstić information content (AvgIpc) is 2.61. The third-order valence-electron chi connectivity index (χ3n) is 1.90. The standard InChI is InChI=1S/C9H13N3O3/c1-5(2)12-7(8(13)10-3)4-6(11-12)9(14)15/h4-5H,1-3H3,(H,10,13)(H,14,15). The SMILES string of the molecule is CNC(=O)c1cc(C(=O)O)nn1C(C)C. The van der Waals surface area contributed by atoms with Gasteiger partial charge in [0.05, 0.1) is 0 Å². The molecule has 82 valence electrons. The molecule has 15 heavy (non-hydrogen) atoms. The lowest BCUT2D eigenvalue weighted by atomic mass is 10.3. The monoisotopic (exact) mass is 211 g/mol. The fourth-order valence-electron chi connectivity index (χ4n) is 1.19. The largest absolute Gasteiger partial charge is 0.476 e. The van der Waals surface area contributed by atoms with E-state index in [0.29, 0.717) is 0 Å². The second-order valence-electron chi connectivity index (χ2n) is 3.34. The maximum absolute atomic E-state index is 11.4. The van der Waals surface area contributed by atoms with Crippen LogP contribution in [0.4, 0.5) is 0 Å². The highest BCUT2D eigenvalue weighted by molar-refractivity contribution is 5.95. The maximum Gasteiger partial charge on any atom is 0.356 e. The summed E-state index contributed by atoms with van der Waals surface area (Å²) >= 11 is 0. The van der Waals surface area contributed by atoms with Crippen molar-refractivity contribution in [2.75, 3.05) is 7.05 Å². The lowest BCUT2D eigenvalue weighted by Gasteiger charge is -2.08. The maximum atomic E-state index is 11.4. The van der Waals surface area contributed by atoms with Gasteiger partial charge in [0.1, 0.15) is 5.69 Å². The Morgan fingerprint density at radius 3 is 2.53 bits per heavy atom. The van der Waals surface area contributed by atoms with Crippen molar-refractivity contribution in [1.82, 2.24) is 15.1 Å². The molecule has 0 aliphatic rings. The van der Waals surface area contributed by atoms with Crippen LogP contribution < -0.4 is 5.32 Å². The summed E-state index contributed by atoms with van der Waals surface area (Å²) in [7, 11) is 1.49. The summed E-state index contributed by atoms with van der Waals surface area (Å²) in [6, 6.07) is 1.20. The van der Waals surface area contributed by atoms with E-state index < -0.39 is 5.97 Å². The Morgan fingerprint density at radius 2 is 2.13 bits per heavy atom. The van der Waals surface area contributed by atoms with Crippen molar-refractivity contribution in [2.45, 2.75) is 19.9 Å². The van der Waals surface area contributed by atoms with Crippen molar-refractivity contribution >= 4 is 11.9 Å². The van der Waals surface area contributed by atoms with E-state index in [9.17, 15) is 9.59 Å². The molecule has 1 aromatic rings. The van der Waals surface area contributed by atoms with Gasteiger partial charge in [-0.3, -0.25) is 9.48 Å². The minimum atomic E-state index is -1.14. The number of carboxylic acids is 1. The molecule has 0 radical (unpaired) electrons. The first-order chi connectivity index (χ1) is 6.97. The first-order valence-electron chi connectivity index (χ1n) is 4.52. The number of carboxylic acid groups (broad SMARTS) is 1. The lowest BCUT2D eigenvalue weighted by Crippen LogP contribution is -2.22. The van der Waals surface area contributed by atoms with Crippen LogP contribution in [0, 0.1) is 0 Å². The summed E-state index contributed by atoms with van der Waals surface area (Å²) in [6.07, 6.45) is 0. The summed E-state index contributed by atoms with van der Waals surface area (Å²) in [5.41, 5.74) is 0.132. The second-order valence-corrected chi connectivity index (χ2v) is 3.34. The Hall–Kier alpha value is -1.85. The van der Waals surface area contributed by atoms with Crippen LogP contribution in [0.1, 0.15) is 40.9 Å². The van der Waals surface area contributed by atoms with Gasteiger partial charge in [-0.2, -0.15) is 5.10 Å². The predicted octanol–water partition coefficient (Wildman–Crippen LogP) is 0.522. The molecule has 0 aliphatic heterocycles. The van der Waals surface area contributed by atoms with Gasteiger partial charge in [0.2, 0.25) is 0 Å². The van der Waals surface area contributed by atoms with Gasteiger partial charge in [0, 0.05) is 19.2 Å². The number of aromatic nitrogens is 2. The zero-order chi connectivity index (χ0) is 11.6. The van der Waals surface area contributed by atoms with Gasteiger partial charge < -0.3 is 10.4 Å². The number of nitrogens with one attached hydrogen (secondary N) is 1. The molecule has 0 saturated heterocycles. The van der Waals surface area contributed by atoms with Gasteiger partial charge in [0.15, 0.2) is 5.69 Å². The summed E-state index contributed by atoms with van der Waals surface area (Å²) in [5, 5.41) is 15.0. The van der Waals surface area contributed by atoms with Gasteiger partial charge in [-0.25, -0.2) is 4.79 Å². The van der Waals surface area contributed by atoms with Crippen LogP contribution in [0.15, 0.2) is 6.07 Å². The second kappa shape index (κ2) is 4.12. The molecular formula is C9H13N3O3. The Kier molecular flexibility index (Phi) is 3.08. The summed E-state index contributed by atoms with van der Waals surface area (Å²) in [5.74, 6) is -1.48. The first-order valence-corrected chi connectivity index (χ1v) is 4.52. The fraction of sp³-hybridized carbons (Fsp3) is 0.444. The van der Waals surface area contributed by atoms with Gasteiger partial charge >= 0.3 is 5.97 Å². The molecule has 0 saturated carbocycles. The topological polar surface area (TPSA) is 84.2 Å². The Balaban J connectivity index is 3.23. The molecule has 1 rings (SSSR count). The highest BCUT2D eigenvalue weighted by Crippen LogP contribution is 2.11. The molecular weight excluding hydrogens is 198 g/mol. The van der Waals surface area contributed by atoms with Gasteiger partial charge in [-0.05, 0) is 13.8 Å². The molecule has 2 N–H and O–H groups in total. The van der Waals surface area contributed by atoms with Crippen LogP contribution in [0.2, 0.25) is 0 Å². The van der Waals surface area contributed by atoms with Crippen LogP contribution in [0.3, 0.4) is 0 Å².